The maximum atomic E-state index is 12.1. The molecule has 0 saturated heterocycles. The average Bonchev–Trinajstić information content (AvgIpc) is 3.34. The van der Waals surface area contributed by atoms with Crippen LogP contribution in [0.15, 0.2) is 89.5 Å². The predicted octanol–water partition coefficient (Wildman–Crippen LogP) is 6.27. The highest BCUT2D eigenvalue weighted by molar-refractivity contribution is 9.10. The number of anilines is 1. The van der Waals surface area contributed by atoms with Crippen LogP contribution in [0.25, 0.3) is 11.3 Å². The second kappa shape index (κ2) is 9.82. The Morgan fingerprint density at radius 2 is 1.67 bits per heavy atom. The molecule has 184 valence electrons. The zero-order valence-electron chi connectivity index (χ0n) is 18.6. The van der Waals surface area contributed by atoms with Crippen LogP contribution in [0.1, 0.15) is 17.0 Å². The summed E-state index contributed by atoms with van der Waals surface area (Å²) in [6, 6.07) is 20.4. The first-order chi connectivity index (χ1) is 17.2. The third kappa shape index (κ3) is 5.24. The van der Waals surface area contributed by atoms with Crippen LogP contribution in [0.5, 0.6) is 0 Å². The number of halogens is 3. The fourth-order valence-electron chi connectivity index (χ4n) is 3.89. The van der Waals surface area contributed by atoms with E-state index in [1.807, 2.05) is 53.4 Å². The molecule has 36 heavy (non-hydrogen) atoms. The van der Waals surface area contributed by atoms with Crippen LogP contribution >= 0.6 is 39.1 Å². The van der Waals surface area contributed by atoms with Crippen molar-refractivity contribution in [3.8, 4) is 11.3 Å². The SMILES string of the molecule is O=S1(=O)NC(O)=CN1c1ccc(Cn2cc(-c3ccc(Cl)cc3Cl)nc2Cc2ccc(Br)cc2)cc1. The van der Waals surface area contributed by atoms with Gasteiger partial charge in [-0.3, -0.25) is 0 Å². The van der Waals surface area contributed by atoms with E-state index in [1.165, 1.54) is 0 Å². The summed E-state index contributed by atoms with van der Waals surface area (Å²) in [5.41, 5.74) is 3.97. The van der Waals surface area contributed by atoms with Crippen LogP contribution in [-0.2, 0) is 23.2 Å². The van der Waals surface area contributed by atoms with Crippen molar-refractivity contribution in [1.82, 2.24) is 14.3 Å². The topological polar surface area (TPSA) is 87.5 Å². The van der Waals surface area contributed by atoms with Crippen molar-refractivity contribution in [3.63, 3.8) is 0 Å². The molecule has 0 radical (unpaired) electrons. The third-order valence-electron chi connectivity index (χ3n) is 5.62. The van der Waals surface area contributed by atoms with Gasteiger partial charge in [-0.05, 0) is 53.6 Å². The monoisotopic (exact) mass is 604 g/mol. The van der Waals surface area contributed by atoms with E-state index >= 15 is 0 Å². The molecule has 0 bridgehead atoms. The molecule has 5 rings (SSSR count). The minimum Gasteiger partial charge on any atom is -0.493 e. The molecule has 0 spiro atoms. The first kappa shape index (κ1) is 24.7. The second-order valence-corrected chi connectivity index (χ2v) is 11.5. The first-order valence-corrected chi connectivity index (χ1v) is 13.7. The Morgan fingerprint density at radius 3 is 2.31 bits per heavy atom. The number of hydrogen-bond acceptors (Lipinski definition) is 4. The fourth-order valence-corrected chi connectivity index (χ4v) is 5.71. The first-order valence-electron chi connectivity index (χ1n) is 10.8. The summed E-state index contributed by atoms with van der Waals surface area (Å²) >= 11 is 16.0. The number of aliphatic hydroxyl groups is 1. The molecule has 7 nitrogen and oxygen atoms in total. The van der Waals surface area contributed by atoms with E-state index in [2.05, 4.69) is 20.5 Å². The Labute approximate surface area is 226 Å². The summed E-state index contributed by atoms with van der Waals surface area (Å²) in [6.45, 7) is 0.510. The van der Waals surface area contributed by atoms with Gasteiger partial charge in [-0.1, -0.05) is 63.4 Å². The highest BCUT2D eigenvalue weighted by Gasteiger charge is 2.28. The Kier molecular flexibility index (Phi) is 6.74. The van der Waals surface area contributed by atoms with Crippen molar-refractivity contribution in [3.05, 3.63) is 116 Å². The van der Waals surface area contributed by atoms with Gasteiger partial charge >= 0.3 is 10.2 Å². The number of nitrogens with zero attached hydrogens (tertiary/aromatic N) is 3. The van der Waals surface area contributed by atoms with Gasteiger partial charge in [-0.2, -0.15) is 8.42 Å². The zero-order chi connectivity index (χ0) is 25.4. The van der Waals surface area contributed by atoms with Crippen molar-refractivity contribution in [2.75, 3.05) is 4.31 Å². The van der Waals surface area contributed by atoms with E-state index < -0.39 is 16.1 Å². The summed E-state index contributed by atoms with van der Waals surface area (Å²) in [5, 5.41) is 10.6. The number of benzene rings is 3. The van der Waals surface area contributed by atoms with Gasteiger partial charge in [-0.15, -0.1) is 0 Å². The molecule has 0 fully saturated rings. The number of aromatic nitrogens is 2. The summed E-state index contributed by atoms with van der Waals surface area (Å²) in [7, 11) is -3.84. The van der Waals surface area contributed by atoms with Crippen molar-refractivity contribution in [2.24, 2.45) is 0 Å². The van der Waals surface area contributed by atoms with Gasteiger partial charge in [0.15, 0.2) is 0 Å². The zero-order valence-corrected chi connectivity index (χ0v) is 22.5. The lowest BCUT2D eigenvalue weighted by atomic mass is 10.1. The average molecular weight is 606 g/mol. The van der Waals surface area contributed by atoms with Crippen molar-refractivity contribution < 1.29 is 13.5 Å². The highest BCUT2D eigenvalue weighted by Crippen LogP contribution is 2.31. The second-order valence-electron chi connectivity index (χ2n) is 8.18. The molecule has 2 heterocycles. The van der Waals surface area contributed by atoms with Crippen molar-refractivity contribution in [2.45, 2.75) is 13.0 Å². The standard InChI is InChI=1S/C25H19BrCl2N4O3S/c26-18-5-1-16(2-6-18)11-24-29-23(21-10-7-19(27)12-22(21)28)14-31(24)13-17-3-8-20(9-4-17)32-15-25(33)30-36(32,34)35/h1-10,12,14-15,30,33H,11,13H2. The van der Waals surface area contributed by atoms with Gasteiger partial charge in [0.1, 0.15) is 5.82 Å². The van der Waals surface area contributed by atoms with Crippen molar-refractivity contribution >= 4 is 55.0 Å². The summed E-state index contributed by atoms with van der Waals surface area (Å²) in [4.78, 5) is 4.89. The number of imidazole rings is 1. The molecule has 1 aliphatic rings. The Balaban J connectivity index is 1.47. The molecule has 1 aromatic heterocycles. The maximum Gasteiger partial charge on any atom is 0.330 e. The lowest BCUT2D eigenvalue weighted by Gasteiger charge is -2.14. The molecular weight excluding hydrogens is 587 g/mol. The van der Waals surface area contributed by atoms with Gasteiger partial charge in [0, 0.05) is 34.2 Å². The van der Waals surface area contributed by atoms with Crippen LogP contribution in [0.3, 0.4) is 0 Å². The summed E-state index contributed by atoms with van der Waals surface area (Å²) < 4.78 is 30.4. The van der Waals surface area contributed by atoms with Crippen LogP contribution in [0.2, 0.25) is 10.0 Å². The summed E-state index contributed by atoms with van der Waals surface area (Å²) in [6.07, 6.45) is 3.68. The van der Waals surface area contributed by atoms with Gasteiger partial charge in [-0.25, -0.2) is 14.0 Å². The molecule has 0 atom stereocenters. The molecule has 1 aliphatic heterocycles. The lowest BCUT2D eigenvalue weighted by molar-refractivity contribution is 0.392. The minimum absolute atomic E-state index is 0.407. The van der Waals surface area contributed by atoms with Crippen LogP contribution in [0, 0.1) is 0 Å². The molecule has 0 unspecified atom stereocenters. The smallest absolute Gasteiger partial charge is 0.330 e. The summed E-state index contributed by atoms with van der Waals surface area (Å²) in [5.74, 6) is 0.421. The quantitative estimate of drug-likeness (QED) is 0.271. The molecule has 0 saturated carbocycles. The largest absolute Gasteiger partial charge is 0.493 e. The lowest BCUT2D eigenvalue weighted by Crippen LogP contribution is -2.29. The Morgan fingerprint density at radius 1 is 0.972 bits per heavy atom. The maximum absolute atomic E-state index is 12.1. The van der Waals surface area contributed by atoms with E-state index in [-0.39, 0.29) is 0 Å². The molecule has 0 aliphatic carbocycles. The van der Waals surface area contributed by atoms with E-state index in [0.29, 0.717) is 28.7 Å². The molecular formula is C25H19BrCl2N4O3S. The number of rotatable bonds is 6. The fraction of sp³-hybridized carbons (Fsp3) is 0.0800. The van der Waals surface area contributed by atoms with E-state index in [0.717, 1.165) is 43.2 Å². The van der Waals surface area contributed by atoms with E-state index in [9.17, 15) is 13.5 Å². The number of nitrogens with one attached hydrogen (secondary N) is 1. The van der Waals surface area contributed by atoms with Crippen LogP contribution < -0.4 is 9.03 Å². The van der Waals surface area contributed by atoms with Gasteiger partial charge in [0.05, 0.1) is 22.6 Å². The predicted molar refractivity (Wildman–Crippen MR) is 145 cm³/mol. The van der Waals surface area contributed by atoms with Gasteiger partial charge in [0.2, 0.25) is 5.88 Å². The molecule has 11 heteroatoms. The molecule has 3 aromatic carbocycles. The van der Waals surface area contributed by atoms with Crippen LogP contribution in [-0.4, -0.2) is 23.1 Å². The molecule has 4 aromatic rings. The van der Waals surface area contributed by atoms with Gasteiger partial charge in [0.25, 0.3) is 0 Å². The van der Waals surface area contributed by atoms with Crippen molar-refractivity contribution in [1.29, 1.82) is 0 Å². The highest BCUT2D eigenvalue weighted by atomic mass is 79.9. The number of hydrogen-bond donors (Lipinski definition) is 2. The Bertz CT molecular complexity index is 1570. The van der Waals surface area contributed by atoms with Crippen LogP contribution in [0.4, 0.5) is 5.69 Å². The number of aliphatic hydroxyl groups excluding tert-OH is 1. The minimum atomic E-state index is -3.84. The molecule has 2 N–H and O–H groups in total. The van der Waals surface area contributed by atoms with E-state index in [1.54, 1.807) is 24.3 Å². The van der Waals surface area contributed by atoms with E-state index in [4.69, 9.17) is 28.2 Å². The Hall–Kier alpha value is -2.98. The van der Waals surface area contributed by atoms with Gasteiger partial charge < -0.3 is 9.67 Å². The third-order valence-corrected chi connectivity index (χ3v) is 8.00. The molecule has 0 amide bonds. The normalized spacial score (nSPS) is 14.5.